The summed E-state index contributed by atoms with van der Waals surface area (Å²) in [4.78, 5) is 15.4. The van der Waals surface area contributed by atoms with Crippen LogP contribution in [0.1, 0.15) is 45.7 Å². The molecule has 0 spiro atoms. The number of esters is 1. The van der Waals surface area contributed by atoms with Gasteiger partial charge in [0.05, 0.1) is 13.0 Å². The van der Waals surface area contributed by atoms with Crippen molar-refractivity contribution in [2.45, 2.75) is 46.5 Å². The molecule has 0 aliphatic carbocycles. The van der Waals surface area contributed by atoms with Gasteiger partial charge in [-0.3, -0.25) is 9.78 Å². The lowest BCUT2D eigenvalue weighted by atomic mass is 10.0. The van der Waals surface area contributed by atoms with E-state index in [9.17, 15) is 4.79 Å². The van der Waals surface area contributed by atoms with Crippen LogP contribution in [0, 0.1) is 5.92 Å². The van der Waals surface area contributed by atoms with Crippen molar-refractivity contribution in [3.05, 3.63) is 30.1 Å². The van der Waals surface area contributed by atoms with Crippen molar-refractivity contribution in [1.29, 1.82) is 0 Å². The van der Waals surface area contributed by atoms with Crippen LogP contribution >= 0.6 is 0 Å². The van der Waals surface area contributed by atoms with E-state index in [0.29, 0.717) is 0 Å². The number of nitrogens with zero attached hydrogens (tertiary/aromatic N) is 1. The molecule has 1 heterocycles. The van der Waals surface area contributed by atoms with Crippen LogP contribution in [0.15, 0.2) is 24.4 Å². The van der Waals surface area contributed by atoms with Crippen LogP contribution in [0.4, 0.5) is 0 Å². The molecule has 1 rings (SSSR count). The average Bonchev–Trinajstić information content (AvgIpc) is 2.45. The maximum Gasteiger partial charge on any atom is 0.308 e. The first-order valence-corrected chi connectivity index (χ1v) is 6.71. The Kier molecular flexibility index (Phi) is 9.93. The maximum atomic E-state index is 11.1. The van der Waals surface area contributed by atoms with Gasteiger partial charge in [0.1, 0.15) is 0 Å². The third-order valence-electron chi connectivity index (χ3n) is 2.65. The molecule has 0 aliphatic rings. The van der Waals surface area contributed by atoms with Gasteiger partial charge in [0.25, 0.3) is 0 Å². The van der Waals surface area contributed by atoms with Crippen LogP contribution < -0.4 is 0 Å². The molecule has 0 saturated carbocycles. The summed E-state index contributed by atoms with van der Waals surface area (Å²) in [6, 6.07) is 5.95. The molecule has 0 bridgehead atoms. The van der Waals surface area contributed by atoms with Crippen LogP contribution in [0.2, 0.25) is 0 Å². The fourth-order valence-electron chi connectivity index (χ4n) is 1.62. The fourth-order valence-corrected chi connectivity index (χ4v) is 1.62. The van der Waals surface area contributed by atoms with Gasteiger partial charge in [-0.05, 0) is 31.4 Å². The molecule has 0 aromatic carbocycles. The summed E-state index contributed by atoms with van der Waals surface area (Å²) in [6.45, 7) is 5.91. The Balaban J connectivity index is 0.00000137. The number of pyridine rings is 1. The second kappa shape index (κ2) is 10.8. The maximum absolute atomic E-state index is 11.1. The Morgan fingerprint density at radius 1 is 1.33 bits per heavy atom. The van der Waals surface area contributed by atoms with Crippen LogP contribution in [-0.2, 0) is 16.0 Å². The number of hydrogen-bond donors (Lipinski definition) is 0. The number of hydrogen-bond acceptors (Lipinski definition) is 3. The summed E-state index contributed by atoms with van der Waals surface area (Å²) in [7, 11) is 1.44. The molecule has 0 N–H and O–H groups in total. The molecule has 1 aromatic rings. The number of methoxy groups -OCH3 is 1. The lowest BCUT2D eigenvalue weighted by Crippen LogP contribution is -2.12. The van der Waals surface area contributed by atoms with Gasteiger partial charge in [-0.2, -0.15) is 0 Å². The van der Waals surface area contributed by atoms with E-state index >= 15 is 0 Å². The van der Waals surface area contributed by atoms with Crippen molar-refractivity contribution < 1.29 is 9.53 Å². The van der Waals surface area contributed by atoms with Crippen LogP contribution in [0.25, 0.3) is 0 Å². The Morgan fingerprint density at radius 3 is 2.61 bits per heavy atom. The summed E-state index contributed by atoms with van der Waals surface area (Å²) in [5, 5.41) is 0. The lowest BCUT2D eigenvalue weighted by Gasteiger charge is -2.08. The summed E-state index contributed by atoms with van der Waals surface area (Å²) in [5.41, 5.74) is 1.12. The number of aromatic nitrogens is 1. The molecule has 0 amide bonds. The van der Waals surface area contributed by atoms with Gasteiger partial charge >= 0.3 is 5.97 Å². The van der Waals surface area contributed by atoms with E-state index in [1.165, 1.54) is 7.11 Å². The monoisotopic (exact) mass is 251 g/mol. The van der Waals surface area contributed by atoms with E-state index in [0.717, 1.165) is 31.4 Å². The van der Waals surface area contributed by atoms with Gasteiger partial charge in [0.15, 0.2) is 0 Å². The number of carbonyl (C=O) groups excluding carboxylic acids is 1. The van der Waals surface area contributed by atoms with Crippen LogP contribution in [0.3, 0.4) is 0 Å². The largest absolute Gasteiger partial charge is 0.469 e. The summed E-state index contributed by atoms with van der Waals surface area (Å²) in [5.74, 6) is -0.105. The topological polar surface area (TPSA) is 39.2 Å². The van der Waals surface area contributed by atoms with E-state index in [4.69, 9.17) is 0 Å². The number of aryl methyl sites for hydroxylation is 1. The van der Waals surface area contributed by atoms with Gasteiger partial charge in [0, 0.05) is 11.9 Å². The molecule has 0 fully saturated rings. The smallest absolute Gasteiger partial charge is 0.308 e. The van der Waals surface area contributed by atoms with E-state index in [-0.39, 0.29) is 11.9 Å². The van der Waals surface area contributed by atoms with Gasteiger partial charge < -0.3 is 4.74 Å². The SMILES string of the molecule is CC.COC(=O)C(C)CCCCc1ccccn1. The minimum atomic E-state index is -0.113. The zero-order chi connectivity index (χ0) is 13.8. The first kappa shape index (κ1) is 16.6. The molecule has 102 valence electrons. The second-order valence-electron chi connectivity index (χ2n) is 3.99. The predicted octanol–water partition coefficient (Wildman–Crippen LogP) is 3.63. The number of unbranched alkanes of at least 4 members (excludes halogenated alkanes) is 1. The van der Waals surface area contributed by atoms with Gasteiger partial charge in [-0.1, -0.05) is 33.3 Å². The second-order valence-corrected chi connectivity index (χ2v) is 3.99. The highest BCUT2D eigenvalue weighted by Gasteiger charge is 2.11. The number of rotatable bonds is 6. The van der Waals surface area contributed by atoms with E-state index in [2.05, 4.69) is 9.72 Å². The van der Waals surface area contributed by atoms with Crippen molar-refractivity contribution in [3.8, 4) is 0 Å². The fraction of sp³-hybridized carbons (Fsp3) is 0.600. The molecule has 3 heteroatoms. The van der Waals surface area contributed by atoms with Crippen molar-refractivity contribution in [2.24, 2.45) is 5.92 Å². The van der Waals surface area contributed by atoms with Crippen molar-refractivity contribution >= 4 is 5.97 Å². The Hall–Kier alpha value is -1.38. The van der Waals surface area contributed by atoms with E-state index in [1.54, 1.807) is 0 Å². The Morgan fingerprint density at radius 2 is 2.06 bits per heavy atom. The third-order valence-corrected chi connectivity index (χ3v) is 2.65. The lowest BCUT2D eigenvalue weighted by molar-refractivity contribution is -0.145. The first-order chi connectivity index (χ1) is 8.74. The van der Waals surface area contributed by atoms with Crippen LogP contribution in [-0.4, -0.2) is 18.1 Å². The zero-order valence-corrected chi connectivity index (χ0v) is 12.0. The Labute approximate surface area is 111 Å². The van der Waals surface area contributed by atoms with Gasteiger partial charge in [0.2, 0.25) is 0 Å². The average molecular weight is 251 g/mol. The molecule has 18 heavy (non-hydrogen) atoms. The third kappa shape index (κ3) is 7.05. The number of ether oxygens (including phenoxy) is 1. The normalized spacial score (nSPS) is 11.1. The summed E-state index contributed by atoms with van der Waals surface area (Å²) >= 11 is 0. The molecular formula is C15H25NO2. The minimum Gasteiger partial charge on any atom is -0.469 e. The van der Waals surface area contributed by atoms with E-state index in [1.807, 2.05) is 45.2 Å². The zero-order valence-electron chi connectivity index (χ0n) is 12.0. The van der Waals surface area contributed by atoms with Gasteiger partial charge in [-0.25, -0.2) is 0 Å². The molecular weight excluding hydrogens is 226 g/mol. The van der Waals surface area contributed by atoms with Crippen LogP contribution in [0.5, 0.6) is 0 Å². The first-order valence-electron chi connectivity index (χ1n) is 6.71. The predicted molar refractivity (Wildman–Crippen MR) is 74.3 cm³/mol. The standard InChI is InChI=1S/C13H19NO2.C2H6/c1-11(13(15)16-2)7-3-4-8-12-9-5-6-10-14-12;1-2/h5-6,9-11H,3-4,7-8H2,1-2H3;1-2H3. The minimum absolute atomic E-state index is 0.00809. The van der Waals surface area contributed by atoms with E-state index < -0.39 is 0 Å². The van der Waals surface area contributed by atoms with Crippen molar-refractivity contribution in [1.82, 2.24) is 4.98 Å². The highest BCUT2D eigenvalue weighted by atomic mass is 16.5. The molecule has 1 unspecified atom stereocenters. The van der Waals surface area contributed by atoms with Crippen molar-refractivity contribution in [2.75, 3.05) is 7.11 Å². The molecule has 0 saturated heterocycles. The summed E-state index contributed by atoms with van der Waals surface area (Å²) < 4.78 is 4.68. The molecule has 0 aliphatic heterocycles. The molecule has 1 atom stereocenters. The highest BCUT2D eigenvalue weighted by Crippen LogP contribution is 2.11. The Bertz CT molecular complexity index is 312. The molecule has 1 aromatic heterocycles. The highest BCUT2D eigenvalue weighted by molar-refractivity contribution is 5.71. The quantitative estimate of drug-likeness (QED) is 0.572. The van der Waals surface area contributed by atoms with Gasteiger partial charge in [-0.15, -0.1) is 0 Å². The molecule has 0 radical (unpaired) electrons. The van der Waals surface area contributed by atoms with Crippen molar-refractivity contribution in [3.63, 3.8) is 0 Å². The summed E-state index contributed by atoms with van der Waals surface area (Å²) in [6.07, 6.45) is 5.78. The number of carbonyl (C=O) groups is 1. The molecule has 3 nitrogen and oxygen atoms in total.